The molecule has 0 radical (unpaired) electrons. The fraction of sp³-hybridized carbons (Fsp3) is 0.429. The molecule has 1 aliphatic rings. The maximum absolute atomic E-state index is 12.3. The fourth-order valence-corrected chi connectivity index (χ4v) is 3.02. The second-order valence-corrected chi connectivity index (χ2v) is 7.71. The fourth-order valence-electron chi connectivity index (χ4n) is 3.02. The van der Waals surface area contributed by atoms with Gasteiger partial charge < -0.3 is 19.5 Å². The van der Waals surface area contributed by atoms with Crippen molar-refractivity contribution < 1.29 is 19.0 Å². The molecule has 3 rings (SSSR count). The molecule has 28 heavy (non-hydrogen) atoms. The average molecular weight is 385 g/mol. The SMILES string of the molecule is COc1ccc(CNc2cc3c(cn2)CN(C(=O)OC(C)(C)C)C3)c(OC)c1. The van der Waals surface area contributed by atoms with Gasteiger partial charge in [0.1, 0.15) is 22.9 Å². The minimum atomic E-state index is -0.506. The number of carbonyl (C=O) groups excluding carboxylic acids is 1. The number of benzene rings is 1. The molecule has 1 N–H and O–H groups in total. The minimum absolute atomic E-state index is 0.304. The van der Waals surface area contributed by atoms with Crippen LogP contribution in [0.4, 0.5) is 10.6 Å². The third-order valence-electron chi connectivity index (χ3n) is 4.41. The van der Waals surface area contributed by atoms with Crippen LogP contribution in [0.1, 0.15) is 37.5 Å². The van der Waals surface area contributed by atoms with Crippen molar-refractivity contribution in [3.05, 3.63) is 47.2 Å². The first-order valence-electron chi connectivity index (χ1n) is 9.19. The molecule has 0 bridgehead atoms. The van der Waals surface area contributed by atoms with Crippen LogP contribution in [-0.4, -0.2) is 35.8 Å². The van der Waals surface area contributed by atoms with Crippen molar-refractivity contribution in [3.8, 4) is 11.5 Å². The number of ether oxygens (including phenoxy) is 3. The van der Waals surface area contributed by atoms with E-state index < -0.39 is 5.60 Å². The lowest BCUT2D eigenvalue weighted by atomic mass is 10.1. The highest BCUT2D eigenvalue weighted by Gasteiger charge is 2.28. The van der Waals surface area contributed by atoms with Gasteiger partial charge in [0.15, 0.2) is 0 Å². The summed E-state index contributed by atoms with van der Waals surface area (Å²) >= 11 is 0. The Kier molecular flexibility index (Phi) is 5.63. The molecule has 1 aromatic heterocycles. The number of hydrogen-bond donors (Lipinski definition) is 1. The summed E-state index contributed by atoms with van der Waals surface area (Å²) in [5.74, 6) is 2.25. The van der Waals surface area contributed by atoms with Gasteiger partial charge in [0.05, 0.1) is 20.8 Å². The third-order valence-corrected chi connectivity index (χ3v) is 4.41. The van der Waals surface area contributed by atoms with Gasteiger partial charge in [0.25, 0.3) is 0 Å². The van der Waals surface area contributed by atoms with Gasteiger partial charge in [-0.05, 0) is 50.1 Å². The number of fused-ring (bicyclic) bond motifs is 1. The molecule has 0 saturated carbocycles. The molecule has 0 fully saturated rings. The van der Waals surface area contributed by atoms with Crippen LogP contribution in [0, 0.1) is 0 Å². The first-order valence-corrected chi connectivity index (χ1v) is 9.19. The zero-order chi connectivity index (χ0) is 20.3. The van der Waals surface area contributed by atoms with E-state index in [2.05, 4.69) is 10.3 Å². The first-order chi connectivity index (χ1) is 13.3. The molecule has 0 saturated heterocycles. The topological polar surface area (TPSA) is 72.9 Å². The molecule has 0 atom stereocenters. The Balaban J connectivity index is 1.65. The molecule has 150 valence electrons. The number of anilines is 1. The Morgan fingerprint density at radius 2 is 1.89 bits per heavy atom. The molecule has 1 aliphatic heterocycles. The van der Waals surface area contributed by atoms with Crippen LogP contribution < -0.4 is 14.8 Å². The van der Waals surface area contributed by atoms with Crippen LogP contribution in [-0.2, 0) is 24.4 Å². The Morgan fingerprint density at radius 3 is 2.57 bits per heavy atom. The first kappa shape index (κ1) is 19.8. The van der Waals surface area contributed by atoms with Crippen molar-refractivity contribution in [1.29, 1.82) is 0 Å². The molecule has 7 nitrogen and oxygen atoms in total. The predicted octanol–water partition coefficient (Wildman–Crippen LogP) is 3.96. The summed E-state index contributed by atoms with van der Waals surface area (Å²) in [6.07, 6.45) is 1.51. The second kappa shape index (κ2) is 7.96. The van der Waals surface area contributed by atoms with Gasteiger partial charge in [-0.2, -0.15) is 0 Å². The second-order valence-electron chi connectivity index (χ2n) is 7.71. The molecule has 1 aromatic carbocycles. The average Bonchev–Trinajstić information content (AvgIpc) is 3.08. The molecule has 2 aromatic rings. The van der Waals surface area contributed by atoms with E-state index >= 15 is 0 Å². The number of carbonyl (C=O) groups is 1. The van der Waals surface area contributed by atoms with E-state index in [9.17, 15) is 4.79 Å². The third kappa shape index (κ3) is 4.65. The quantitative estimate of drug-likeness (QED) is 0.840. The highest BCUT2D eigenvalue weighted by Crippen LogP contribution is 2.28. The van der Waals surface area contributed by atoms with Gasteiger partial charge in [-0.1, -0.05) is 0 Å². The smallest absolute Gasteiger partial charge is 0.410 e. The number of hydrogen-bond acceptors (Lipinski definition) is 6. The van der Waals surface area contributed by atoms with E-state index in [-0.39, 0.29) is 6.09 Å². The normalized spacial score (nSPS) is 13.1. The summed E-state index contributed by atoms with van der Waals surface area (Å²) in [5.41, 5.74) is 2.61. The molecule has 0 aliphatic carbocycles. The predicted molar refractivity (Wildman–Crippen MR) is 107 cm³/mol. The number of pyridine rings is 1. The summed E-state index contributed by atoms with van der Waals surface area (Å²) in [5, 5.41) is 3.32. The van der Waals surface area contributed by atoms with Gasteiger partial charge in [-0.25, -0.2) is 9.78 Å². The number of amides is 1. The van der Waals surface area contributed by atoms with Gasteiger partial charge in [-0.15, -0.1) is 0 Å². The van der Waals surface area contributed by atoms with Gasteiger partial charge in [-0.3, -0.25) is 4.90 Å². The molecule has 7 heteroatoms. The molecule has 0 spiro atoms. The number of aromatic nitrogens is 1. The maximum Gasteiger partial charge on any atom is 0.410 e. The van der Waals surface area contributed by atoms with Gasteiger partial charge >= 0.3 is 6.09 Å². The highest BCUT2D eigenvalue weighted by atomic mass is 16.6. The lowest BCUT2D eigenvalue weighted by Gasteiger charge is -2.24. The van der Waals surface area contributed by atoms with Crippen LogP contribution >= 0.6 is 0 Å². The van der Waals surface area contributed by atoms with Crippen LogP contribution in [0.25, 0.3) is 0 Å². The highest BCUT2D eigenvalue weighted by molar-refractivity contribution is 5.69. The summed E-state index contributed by atoms with van der Waals surface area (Å²) in [6.45, 7) is 7.20. The molecular weight excluding hydrogens is 358 g/mol. The maximum atomic E-state index is 12.3. The van der Waals surface area contributed by atoms with E-state index in [0.717, 1.165) is 34.0 Å². The Bertz CT molecular complexity index is 861. The minimum Gasteiger partial charge on any atom is -0.497 e. The lowest BCUT2D eigenvalue weighted by molar-refractivity contribution is 0.0242. The van der Waals surface area contributed by atoms with Crippen molar-refractivity contribution in [2.45, 2.75) is 46.0 Å². The molecule has 2 heterocycles. The van der Waals surface area contributed by atoms with E-state index in [0.29, 0.717) is 19.6 Å². The number of nitrogens with one attached hydrogen (secondary N) is 1. The molecule has 1 amide bonds. The number of rotatable bonds is 5. The van der Waals surface area contributed by atoms with E-state index in [1.165, 1.54) is 0 Å². The Hall–Kier alpha value is -2.96. The van der Waals surface area contributed by atoms with E-state index in [4.69, 9.17) is 14.2 Å². The van der Waals surface area contributed by atoms with Crippen molar-refractivity contribution in [3.63, 3.8) is 0 Å². The van der Waals surface area contributed by atoms with Crippen LogP contribution in [0.2, 0.25) is 0 Å². The van der Waals surface area contributed by atoms with Crippen LogP contribution in [0.3, 0.4) is 0 Å². The summed E-state index contributed by atoms with van der Waals surface area (Å²) in [6, 6.07) is 7.69. The molecular formula is C21H27N3O4. The van der Waals surface area contributed by atoms with Crippen molar-refractivity contribution in [1.82, 2.24) is 9.88 Å². The number of nitrogens with zero attached hydrogens (tertiary/aromatic N) is 2. The van der Waals surface area contributed by atoms with Crippen LogP contribution in [0.15, 0.2) is 30.5 Å². The van der Waals surface area contributed by atoms with Crippen molar-refractivity contribution >= 4 is 11.9 Å². The lowest BCUT2D eigenvalue weighted by Crippen LogP contribution is -2.33. The van der Waals surface area contributed by atoms with Crippen molar-refractivity contribution in [2.75, 3.05) is 19.5 Å². The monoisotopic (exact) mass is 385 g/mol. The van der Waals surface area contributed by atoms with Crippen LogP contribution in [0.5, 0.6) is 11.5 Å². The molecule has 0 unspecified atom stereocenters. The summed E-state index contributed by atoms with van der Waals surface area (Å²) < 4.78 is 16.1. The Morgan fingerprint density at radius 1 is 1.14 bits per heavy atom. The largest absolute Gasteiger partial charge is 0.497 e. The zero-order valence-corrected chi connectivity index (χ0v) is 17.0. The van der Waals surface area contributed by atoms with E-state index in [1.807, 2.05) is 51.2 Å². The standard InChI is InChI=1S/C21H27N3O4/c1-21(2,3)28-20(25)24-12-15-8-19(23-11-16(15)13-24)22-10-14-6-7-17(26-4)9-18(14)27-5/h6-9,11H,10,12-13H2,1-5H3,(H,22,23). The number of methoxy groups -OCH3 is 2. The summed E-state index contributed by atoms with van der Waals surface area (Å²) in [4.78, 5) is 18.4. The van der Waals surface area contributed by atoms with Gasteiger partial charge in [0.2, 0.25) is 0 Å². The Labute approximate surface area is 165 Å². The van der Waals surface area contributed by atoms with Gasteiger partial charge in [0, 0.05) is 30.9 Å². The van der Waals surface area contributed by atoms with E-state index in [1.54, 1.807) is 19.1 Å². The zero-order valence-electron chi connectivity index (χ0n) is 17.0. The van der Waals surface area contributed by atoms with Crippen molar-refractivity contribution in [2.24, 2.45) is 0 Å². The summed E-state index contributed by atoms with van der Waals surface area (Å²) in [7, 11) is 3.26.